The van der Waals surface area contributed by atoms with Crippen molar-refractivity contribution >= 4 is 11.8 Å². The van der Waals surface area contributed by atoms with Gasteiger partial charge in [-0.15, -0.1) is 0 Å². The number of carbonyl (C=O) groups is 2. The molecule has 0 fully saturated rings. The average molecular weight is 400 g/mol. The quantitative estimate of drug-likeness (QED) is 0.735. The number of hydrogen-bond acceptors (Lipinski definition) is 3. The Kier molecular flexibility index (Phi) is 7.76. The minimum absolute atomic E-state index is 0.0149. The number of carbonyl (C=O) groups excluding carboxylic acids is 2. The lowest BCUT2D eigenvalue weighted by Crippen LogP contribution is -2.49. The lowest BCUT2D eigenvalue weighted by atomic mass is 10.1. The summed E-state index contributed by atoms with van der Waals surface area (Å²) in [4.78, 5) is 26.7. The summed E-state index contributed by atoms with van der Waals surface area (Å²) in [7, 11) is 0. The monoisotopic (exact) mass is 400 g/mol. The summed E-state index contributed by atoms with van der Waals surface area (Å²) in [6.45, 7) is 9.51. The fraction of sp³-hybridized carbons (Fsp3) is 0.391. The summed E-state index contributed by atoms with van der Waals surface area (Å²) in [5, 5.41) is 2.71. The Morgan fingerprint density at radius 3 is 2.52 bits per heavy atom. The van der Waals surface area contributed by atoms with Crippen molar-refractivity contribution in [1.29, 1.82) is 0 Å². The van der Waals surface area contributed by atoms with Gasteiger partial charge in [-0.3, -0.25) is 9.59 Å². The zero-order chi connectivity index (χ0) is 21.6. The van der Waals surface area contributed by atoms with Crippen molar-refractivity contribution < 1.29 is 18.7 Å². The van der Waals surface area contributed by atoms with Crippen LogP contribution in [0.4, 0.5) is 4.39 Å². The van der Waals surface area contributed by atoms with Crippen LogP contribution in [0.15, 0.2) is 36.4 Å². The van der Waals surface area contributed by atoms with Gasteiger partial charge in [0.25, 0.3) is 5.91 Å². The summed E-state index contributed by atoms with van der Waals surface area (Å²) in [5.74, 6) is -0.461. The van der Waals surface area contributed by atoms with Crippen molar-refractivity contribution in [3.63, 3.8) is 0 Å². The molecule has 2 amide bonds. The Hall–Kier alpha value is -2.89. The molecule has 0 saturated carbocycles. The maximum Gasteiger partial charge on any atom is 0.261 e. The van der Waals surface area contributed by atoms with E-state index in [0.717, 1.165) is 16.7 Å². The second kappa shape index (κ2) is 10.0. The van der Waals surface area contributed by atoms with Gasteiger partial charge in [0.2, 0.25) is 5.91 Å². The zero-order valence-electron chi connectivity index (χ0n) is 17.7. The van der Waals surface area contributed by atoms with E-state index in [9.17, 15) is 14.0 Å². The van der Waals surface area contributed by atoms with Crippen LogP contribution in [0, 0.1) is 26.6 Å². The highest BCUT2D eigenvalue weighted by Gasteiger charge is 2.27. The minimum atomic E-state index is -0.758. The van der Waals surface area contributed by atoms with E-state index in [1.54, 1.807) is 32.0 Å². The van der Waals surface area contributed by atoms with Crippen molar-refractivity contribution in [3.05, 3.63) is 64.5 Å². The molecule has 0 saturated heterocycles. The highest BCUT2D eigenvalue weighted by atomic mass is 19.1. The lowest BCUT2D eigenvalue weighted by molar-refractivity contribution is -0.142. The molecule has 0 aliphatic heterocycles. The standard InChI is InChI=1S/C23H29FN2O3/c1-6-25-23(28)18(5)26(13-19-9-7-8-10-20(19)24)22(27)14-29-21-12-15(2)11-16(3)17(21)4/h7-12,18H,6,13-14H2,1-5H3,(H,25,28)/t18-/m0/s1. The molecule has 0 radical (unpaired) electrons. The van der Waals surface area contributed by atoms with Crippen molar-refractivity contribution in [2.24, 2.45) is 0 Å². The summed E-state index contributed by atoms with van der Waals surface area (Å²) in [6, 6.07) is 9.40. The molecule has 156 valence electrons. The van der Waals surface area contributed by atoms with E-state index in [1.807, 2.05) is 32.9 Å². The number of aryl methyl sites for hydroxylation is 2. The van der Waals surface area contributed by atoms with Gasteiger partial charge < -0.3 is 15.0 Å². The van der Waals surface area contributed by atoms with E-state index >= 15 is 0 Å². The predicted octanol–water partition coefficient (Wildman–Crippen LogP) is 3.68. The van der Waals surface area contributed by atoms with Crippen LogP contribution in [0.1, 0.15) is 36.1 Å². The van der Waals surface area contributed by atoms with Crippen molar-refractivity contribution in [3.8, 4) is 5.75 Å². The molecule has 2 aromatic carbocycles. The molecule has 1 atom stereocenters. The van der Waals surface area contributed by atoms with Crippen molar-refractivity contribution in [2.75, 3.05) is 13.2 Å². The van der Waals surface area contributed by atoms with Gasteiger partial charge in [-0.2, -0.15) is 0 Å². The van der Waals surface area contributed by atoms with E-state index < -0.39 is 11.9 Å². The molecule has 0 aliphatic carbocycles. The number of nitrogens with one attached hydrogen (secondary N) is 1. The van der Waals surface area contributed by atoms with Crippen molar-refractivity contribution in [1.82, 2.24) is 10.2 Å². The molecule has 29 heavy (non-hydrogen) atoms. The third-order valence-electron chi connectivity index (χ3n) is 4.93. The number of halogens is 1. The first-order valence-electron chi connectivity index (χ1n) is 9.75. The predicted molar refractivity (Wildman–Crippen MR) is 111 cm³/mol. The van der Waals surface area contributed by atoms with Gasteiger partial charge in [0.1, 0.15) is 17.6 Å². The summed E-state index contributed by atoms with van der Waals surface area (Å²) in [6.07, 6.45) is 0. The molecule has 0 aliphatic rings. The van der Waals surface area contributed by atoms with Gasteiger partial charge in [-0.1, -0.05) is 24.3 Å². The Balaban J connectivity index is 2.22. The Bertz CT molecular complexity index is 882. The molecule has 5 nitrogen and oxygen atoms in total. The second-order valence-electron chi connectivity index (χ2n) is 7.18. The van der Waals surface area contributed by atoms with Crippen LogP contribution in [-0.4, -0.2) is 35.9 Å². The molecule has 0 unspecified atom stereocenters. The molecule has 0 aromatic heterocycles. The molecule has 2 aromatic rings. The highest BCUT2D eigenvalue weighted by Crippen LogP contribution is 2.23. The smallest absolute Gasteiger partial charge is 0.261 e. The van der Waals surface area contributed by atoms with E-state index in [-0.39, 0.29) is 25.0 Å². The number of benzene rings is 2. The molecule has 0 spiro atoms. The van der Waals surface area contributed by atoms with Gasteiger partial charge in [0, 0.05) is 18.7 Å². The topological polar surface area (TPSA) is 58.6 Å². The van der Waals surface area contributed by atoms with Gasteiger partial charge >= 0.3 is 0 Å². The van der Waals surface area contributed by atoms with E-state index in [0.29, 0.717) is 17.9 Å². The van der Waals surface area contributed by atoms with Gasteiger partial charge in [-0.05, 0) is 63.4 Å². The Morgan fingerprint density at radius 1 is 1.17 bits per heavy atom. The maximum atomic E-state index is 14.1. The van der Waals surface area contributed by atoms with Gasteiger partial charge in [0.05, 0.1) is 0 Å². The number of rotatable bonds is 8. The molecule has 6 heteroatoms. The average Bonchev–Trinajstić information content (AvgIpc) is 2.68. The summed E-state index contributed by atoms with van der Waals surface area (Å²) >= 11 is 0. The number of ether oxygens (including phenoxy) is 1. The number of amides is 2. The third kappa shape index (κ3) is 5.79. The summed E-state index contributed by atoms with van der Waals surface area (Å²) in [5.41, 5.74) is 3.42. The molecule has 0 bridgehead atoms. The van der Waals surface area contributed by atoms with Gasteiger partial charge in [0.15, 0.2) is 6.61 Å². The molecule has 2 rings (SSSR count). The largest absolute Gasteiger partial charge is 0.483 e. The number of nitrogens with zero attached hydrogens (tertiary/aromatic N) is 1. The number of likely N-dealkylation sites (N-methyl/N-ethyl adjacent to an activating group) is 1. The molecular formula is C23H29FN2O3. The van der Waals surface area contributed by atoms with Crippen LogP contribution >= 0.6 is 0 Å². The van der Waals surface area contributed by atoms with E-state index in [1.165, 1.54) is 11.0 Å². The second-order valence-corrected chi connectivity index (χ2v) is 7.18. The number of hydrogen-bond donors (Lipinski definition) is 1. The first-order valence-corrected chi connectivity index (χ1v) is 9.75. The lowest BCUT2D eigenvalue weighted by Gasteiger charge is -2.29. The normalized spacial score (nSPS) is 11.7. The Labute approximate surface area is 171 Å². The highest BCUT2D eigenvalue weighted by molar-refractivity contribution is 5.87. The van der Waals surface area contributed by atoms with E-state index in [2.05, 4.69) is 5.32 Å². The third-order valence-corrected chi connectivity index (χ3v) is 4.93. The SMILES string of the molecule is CCNC(=O)[C@H](C)N(Cc1ccccc1F)C(=O)COc1cc(C)cc(C)c1C. The van der Waals surface area contributed by atoms with Crippen molar-refractivity contribution in [2.45, 2.75) is 47.2 Å². The molecule has 1 N–H and O–H groups in total. The van der Waals surface area contributed by atoms with Crippen LogP contribution in [0.5, 0.6) is 5.75 Å². The van der Waals surface area contributed by atoms with E-state index in [4.69, 9.17) is 4.74 Å². The molecule has 0 heterocycles. The Morgan fingerprint density at radius 2 is 1.86 bits per heavy atom. The minimum Gasteiger partial charge on any atom is -0.483 e. The van der Waals surface area contributed by atoms with Crippen LogP contribution in [0.25, 0.3) is 0 Å². The zero-order valence-corrected chi connectivity index (χ0v) is 17.7. The first kappa shape index (κ1) is 22.4. The van der Waals surface area contributed by atoms with Crippen LogP contribution < -0.4 is 10.1 Å². The molecular weight excluding hydrogens is 371 g/mol. The fourth-order valence-corrected chi connectivity index (χ4v) is 3.09. The maximum absolute atomic E-state index is 14.1. The van der Waals surface area contributed by atoms with Crippen LogP contribution in [0.2, 0.25) is 0 Å². The fourth-order valence-electron chi connectivity index (χ4n) is 3.09. The summed E-state index contributed by atoms with van der Waals surface area (Å²) < 4.78 is 19.9. The first-order chi connectivity index (χ1) is 13.7. The van der Waals surface area contributed by atoms with Crippen LogP contribution in [-0.2, 0) is 16.1 Å². The van der Waals surface area contributed by atoms with Gasteiger partial charge in [-0.25, -0.2) is 4.39 Å². The van der Waals surface area contributed by atoms with Crippen LogP contribution in [0.3, 0.4) is 0 Å².